The van der Waals surface area contributed by atoms with Gasteiger partial charge in [-0.15, -0.1) is 0 Å². The first-order chi connectivity index (χ1) is 19.6. The van der Waals surface area contributed by atoms with Crippen LogP contribution in [0.25, 0.3) is 0 Å². The Balaban J connectivity index is 2.58. The minimum absolute atomic E-state index is 0.413. The van der Waals surface area contributed by atoms with E-state index in [1.807, 2.05) is 0 Å². The summed E-state index contributed by atoms with van der Waals surface area (Å²) < 4.78 is 54.3. The number of ether oxygens (including phenoxy) is 10. The molecule has 17 heteroatoms. The van der Waals surface area contributed by atoms with E-state index in [0.29, 0.717) is 0 Å². The molecule has 0 spiro atoms. The van der Waals surface area contributed by atoms with Crippen molar-refractivity contribution in [3.63, 3.8) is 0 Å². The molecule has 0 aliphatic carbocycles. The highest BCUT2D eigenvalue weighted by Crippen LogP contribution is 2.33. The summed E-state index contributed by atoms with van der Waals surface area (Å²) >= 11 is 0. The third-order valence-corrected chi connectivity index (χ3v) is 5.52. The molecule has 42 heavy (non-hydrogen) atoms. The first kappa shape index (κ1) is 34.4. The van der Waals surface area contributed by atoms with Crippen LogP contribution in [0.1, 0.15) is 48.5 Å². The maximum Gasteiger partial charge on any atom is 0.305 e. The molecule has 0 amide bonds. The lowest BCUT2D eigenvalue weighted by Gasteiger charge is -2.47. The summed E-state index contributed by atoms with van der Waals surface area (Å²) in [6, 6.07) is 0. The molecule has 0 saturated carbocycles. The van der Waals surface area contributed by atoms with Gasteiger partial charge in [0.05, 0.1) is 6.61 Å². The second-order valence-corrected chi connectivity index (χ2v) is 9.20. The molecular formula is C25H34O17. The van der Waals surface area contributed by atoms with Crippen molar-refractivity contribution in [1.82, 2.24) is 0 Å². The second kappa shape index (κ2) is 15.4. The van der Waals surface area contributed by atoms with E-state index in [0.717, 1.165) is 48.5 Å². The van der Waals surface area contributed by atoms with E-state index in [2.05, 4.69) is 0 Å². The Morgan fingerprint density at radius 2 is 0.976 bits per heavy atom. The lowest BCUT2D eigenvalue weighted by atomic mass is 9.97. The summed E-state index contributed by atoms with van der Waals surface area (Å²) in [5, 5.41) is 0. The van der Waals surface area contributed by atoms with Crippen molar-refractivity contribution >= 4 is 41.8 Å². The molecule has 2 aliphatic rings. The quantitative estimate of drug-likeness (QED) is 0.221. The number of carbonyl (C=O) groups is 7. The van der Waals surface area contributed by atoms with Crippen LogP contribution in [0.2, 0.25) is 0 Å². The van der Waals surface area contributed by atoms with Gasteiger partial charge < -0.3 is 47.4 Å². The molecule has 0 bridgehead atoms. The first-order valence-corrected chi connectivity index (χ1v) is 12.7. The average Bonchev–Trinajstić information content (AvgIpc) is 2.83. The lowest BCUT2D eigenvalue weighted by Crippen LogP contribution is -2.65. The molecule has 0 unspecified atom stereocenters. The molecule has 0 aromatic heterocycles. The molecule has 9 atom stereocenters. The third-order valence-electron chi connectivity index (χ3n) is 5.52. The van der Waals surface area contributed by atoms with Gasteiger partial charge in [-0.1, -0.05) is 0 Å². The average molecular weight is 607 g/mol. The van der Waals surface area contributed by atoms with Crippen LogP contribution >= 0.6 is 0 Å². The Bertz CT molecular complexity index is 1040. The van der Waals surface area contributed by atoms with Gasteiger partial charge in [-0.3, -0.25) is 33.6 Å². The largest absolute Gasteiger partial charge is 0.463 e. The zero-order valence-electron chi connectivity index (χ0n) is 24.1. The number of hydrogen-bond acceptors (Lipinski definition) is 17. The topological polar surface area (TPSA) is 212 Å². The van der Waals surface area contributed by atoms with Crippen LogP contribution in [0.3, 0.4) is 0 Å². The summed E-state index contributed by atoms with van der Waals surface area (Å²) in [4.78, 5) is 83.2. The van der Waals surface area contributed by atoms with E-state index in [-0.39, 0.29) is 0 Å². The van der Waals surface area contributed by atoms with Crippen LogP contribution in [-0.2, 0) is 80.9 Å². The summed E-state index contributed by atoms with van der Waals surface area (Å²) in [5.41, 5.74) is 0. The maximum atomic E-state index is 12.2. The zero-order valence-corrected chi connectivity index (χ0v) is 24.1. The van der Waals surface area contributed by atoms with Crippen LogP contribution in [0, 0.1) is 0 Å². The molecule has 0 N–H and O–H groups in total. The smallest absolute Gasteiger partial charge is 0.305 e. The highest BCUT2D eigenvalue weighted by atomic mass is 16.8. The number of rotatable bonds is 10. The molecule has 0 aromatic rings. The highest BCUT2D eigenvalue weighted by molar-refractivity contribution is 5.69. The normalized spacial score (nSPS) is 30.6. The predicted octanol–water partition coefficient (Wildman–Crippen LogP) is -0.762. The molecule has 2 fully saturated rings. The Morgan fingerprint density at radius 1 is 0.524 bits per heavy atom. The van der Waals surface area contributed by atoms with E-state index in [4.69, 9.17) is 47.4 Å². The molecule has 17 nitrogen and oxygen atoms in total. The fourth-order valence-electron chi connectivity index (χ4n) is 4.26. The lowest BCUT2D eigenvalue weighted by molar-refractivity contribution is -0.346. The molecule has 236 valence electrons. The molecule has 2 rings (SSSR count). The van der Waals surface area contributed by atoms with E-state index in [9.17, 15) is 33.6 Å². The Kier molecular flexibility index (Phi) is 12.6. The molecule has 2 heterocycles. The van der Waals surface area contributed by atoms with Gasteiger partial charge in [-0.05, 0) is 0 Å². The van der Waals surface area contributed by atoms with Gasteiger partial charge in [0.15, 0.2) is 30.7 Å². The third kappa shape index (κ3) is 10.2. The van der Waals surface area contributed by atoms with Crippen molar-refractivity contribution in [2.45, 2.75) is 104 Å². The monoisotopic (exact) mass is 606 g/mol. The molecule has 0 radical (unpaired) electrons. The van der Waals surface area contributed by atoms with E-state index < -0.39 is 110 Å². The Morgan fingerprint density at radius 3 is 1.45 bits per heavy atom. The Labute approximate surface area is 240 Å². The van der Waals surface area contributed by atoms with Gasteiger partial charge in [-0.2, -0.15) is 0 Å². The van der Waals surface area contributed by atoms with Gasteiger partial charge >= 0.3 is 41.8 Å². The van der Waals surface area contributed by atoms with Gasteiger partial charge in [0.2, 0.25) is 12.4 Å². The highest BCUT2D eigenvalue weighted by Gasteiger charge is 2.56. The standard InChI is InChI=1S/C25H34O17/c1-10(26)33-8-18-19(21(37-13(4)29)23(39-15(6)31)25(41-18)40-16(7)32)42-24-22(38-14(5)30)20(36-12(3)28)17(9-34-24)35-11(2)27/h17-25H,8-9H2,1-7H3/t17-,18-,19-,20+,21-,22-,23-,24+,25-/m1/s1. The van der Waals surface area contributed by atoms with Crippen molar-refractivity contribution in [3.05, 3.63) is 0 Å². The van der Waals surface area contributed by atoms with Crippen molar-refractivity contribution < 1.29 is 80.9 Å². The minimum Gasteiger partial charge on any atom is -0.463 e. The Hall–Kier alpha value is -3.83. The predicted molar refractivity (Wildman–Crippen MR) is 129 cm³/mol. The summed E-state index contributed by atoms with van der Waals surface area (Å²) in [6.45, 7) is 6.49. The molecular weight excluding hydrogens is 572 g/mol. The summed E-state index contributed by atoms with van der Waals surface area (Å²) in [5.74, 6) is -5.78. The number of hydrogen-bond donors (Lipinski definition) is 0. The van der Waals surface area contributed by atoms with Crippen molar-refractivity contribution in [2.24, 2.45) is 0 Å². The van der Waals surface area contributed by atoms with Gasteiger partial charge in [0.1, 0.15) is 18.8 Å². The SMILES string of the molecule is CC(=O)OC[C@H]1O[C@@H](OC(C)=O)[C@H](OC(C)=O)[C@H](OC(C)=O)[C@@H]1O[C@@H]1OC[C@@H](OC(C)=O)[C@H](OC(C)=O)[C@H]1OC(C)=O. The summed E-state index contributed by atoms with van der Waals surface area (Å²) in [7, 11) is 0. The van der Waals surface area contributed by atoms with Crippen LogP contribution in [0.15, 0.2) is 0 Å². The van der Waals surface area contributed by atoms with Crippen LogP contribution in [0.4, 0.5) is 0 Å². The second-order valence-electron chi connectivity index (χ2n) is 9.20. The van der Waals surface area contributed by atoms with Gasteiger partial charge in [0.25, 0.3) is 0 Å². The number of carbonyl (C=O) groups excluding carboxylic acids is 7. The van der Waals surface area contributed by atoms with Gasteiger partial charge in [-0.25, -0.2) is 0 Å². The van der Waals surface area contributed by atoms with Crippen LogP contribution in [-0.4, -0.2) is 110 Å². The molecule has 0 aromatic carbocycles. The van der Waals surface area contributed by atoms with Crippen LogP contribution in [0.5, 0.6) is 0 Å². The molecule has 2 saturated heterocycles. The minimum atomic E-state index is -1.64. The van der Waals surface area contributed by atoms with Crippen molar-refractivity contribution in [3.8, 4) is 0 Å². The fraction of sp³-hybridized carbons (Fsp3) is 0.720. The first-order valence-electron chi connectivity index (χ1n) is 12.7. The van der Waals surface area contributed by atoms with Crippen molar-refractivity contribution in [2.75, 3.05) is 13.2 Å². The van der Waals surface area contributed by atoms with Crippen molar-refractivity contribution in [1.29, 1.82) is 0 Å². The van der Waals surface area contributed by atoms with E-state index in [1.165, 1.54) is 0 Å². The van der Waals surface area contributed by atoms with Gasteiger partial charge in [0, 0.05) is 48.5 Å². The zero-order chi connectivity index (χ0) is 31.7. The fourth-order valence-corrected chi connectivity index (χ4v) is 4.26. The maximum absolute atomic E-state index is 12.2. The summed E-state index contributed by atoms with van der Waals surface area (Å²) in [6.07, 6.45) is -13.5. The molecule has 2 aliphatic heterocycles. The van der Waals surface area contributed by atoms with Crippen LogP contribution < -0.4 is 0 Å². The van der Waals surface area contributed by atoms with E-state index >= 15 is 0 Å². The van der Waals surface area contributed by atoms with E-state index in [1.54, 1.807) is 0 Å². The number of esters is 7.